The molecule has 0 saturated carbocycles. The molecule has 8 aromatic carbocycles. The van der Waals surface area contributed by atoms with Gasteiger partial charge in [0.1, 0.15) is 5.82 Å². The van der Waals surface area contributed by atoms with Gasteiger partial charge in [0.2, 0.25) is 0 Å². The summed E-state index contributed by atoms with van der Waals surface area (Å²) < 4.78 is 4.64. The van der Waals surface area contributed by atoms with Crippen LogP contribution in [0.4, 0.5) is 17.1 Å². The molecule has 0 radical (unpaired) electrons. The summed E-state index contributed by atoms with van der Waals surface area (Å²) in [6.45, 7) is 6.62. The van der Waals surface area contributed by atoms with E-state index in [-0.39, 0.29) is 0 Å². The Morgan fingerprint density at radius 1 is 0.411 bits per heavy atom. The number of fused-ring (bicyclic) bond motifs is 4. The van der Waals surface area contributed by atoms with Crippen LogP contribution in [0, 0.1) is 20.8 Å². The molecule has 0 atom stereocenters. The first-order chi connectivity index (χ1) is 27.5. The average molecular weight is 721 g/mol. The van der Waals surface area contributed by atoms with Crippen molar-refractivity contribution in [3.63, 3.8) is 0 Å². The van der Waals surface area contributed by atoms with Crippen molar-refractivity contribution in [2.24, 2.45) is 0 Å². The van der Waals surface area contributed by atoms with Crippen molar-refractivity contribution in [1.82, 2.24) is 14.1 Å². The second-order valence-electron chi connectivity index (χ2n) is 14.7. The van der Waals surface area contributed by atoms with Gasteiger partial charge in [0.05, 0.1) is 22.1 Å². The van der Waals surface area contributed by atoms with Crippen LogP contribution in [0.3, 0.4) is 0 Å². The summed E-state index contributed by atoms with van der Waals surface area (Å²) >= 11 is 0. The van der Waals surface area contributed by atoms with Crippen molar-refractivity contribution in [2.75, 3.05) is 4.90 Å². The van der Waals surface area contributed by atoms with Crippen molar-refractivity contribution < 1.29 is 0 Å². The van der Waals surface area contributed by atoms with Gasteiger partial charge in [-0.3, -0.25) is 4.57 Å². The summed E-state index contributed by atoms with van der Waals surface area (Å²) in [6.07, 6.45) is 0. The number of aromatic nitrogens is 3. The lowest BCUT2D eigenvalue weighted by molar-refractivity contribution is 1.10. The monoisotopic (exact) mass is 720 g/mol. The lowest BCUT2D eigenvalue weighted by atomic mass is 9.93. The minimum atomic E-state index is 0.919. The molecule has 0 unspecified atom stereocenters. The zero-order chi connectivity index (χ0) is 37.8. The third-order valence-corrected chi connectivity index (χ3v) is 11.0. The second-order valence-corrected chi connectivity index (χ2v) is 14.7. The Hall–Kier alpha value is -7.17. The fraction of sp³-hybridized carbons (Fsp3) is 0.0577. The van der Waals surface area contributed by atoms with Gasteiger partial charge in [0.15, 0.2) is 0 Å². The van der Waals surface area contributed by atoms with Crippen LogP contribution in [0.15, 0.2) is 188 Å². The van der Waals surface area contributed by atoms with Crippen molar-refractivity contribution in [1.29, 1.82) is 0 Å². The van der Waals surface area contributed by atoms with Gasteiger partial charge in [0.25, 0.3) is 0 Å². The van der Waals surface area contributed by atoms with Crippen LogP contribution in [0.1, 0.15) is 16.7 Å². The number of hydrogen-bond acceptors (Lipinski definition) is 2. The van der Waals surface area contributed by atoms with E-state index in [4.69, 9.17) is 4.98 Å². The molecule has 0 N–H and O–H groups in total. The number of imidazole rings is 1. The molecule has 0 saturated heterocycles. The first kappa shape index (κ1) is 33.4. The van der Waals surface area contributed by atoms with Crippen LogP contribution in [-0.2, 0) is 0 Å². The van der Waals surface area contributed by atoms with Gasteiger partial charge >= 0.3 is 0 Å². The van der Waals surface area contributed by atoms with Crippen molar-refractivity contribution in [2.45, 2.75) is 20.8 Å². The number of aryl methyl sites for hydroxylation is 3. The van der Waals surface area contributed by atoms with Gasteiger partial charge in [-0.25, -0.2) is 4.98 Å². The van der Waals surface area contributed by atoms with Crippen LogP contribution < -0.4 is 4.90 Å². The van der Waals surface area contributed by atoms with Gasteiger partial charge < -0.3 is 9.47 Å². The molecular weight excluding hydrogens is 681 g/mol. The van der Waals surface area contributed by atoms with Gasteiger partial charge in [-0.1, -0.05) is 90.5 Å². The van der Waals surface area contributed by atoms with Crippen LogP contribution in [0.2, 0.25) is 0 Å². The summed E-state index contributed by atoms with van der Waals surface area (Å²) in [6, 6.07) is 67.4. The Morgan fingerprint density at radius 2 is 0.946 bits per heavy atom. The van der Waals surface area contributed by atoms with E-state index >= 15 is 0 Å². The first-order valence-electron chi connectivity index (χ1n) is 19.2. The third-order valence-electron chi connectivity index (χ3n) is 11.0. The number of rotatable bonds is 7. The largest absolute Gasteiger partial charge is 0.311 e. The number of nitrogens with zero attached hydrogens (tertiary/aromatic N) is 4. The highest BCUT2D eigenvalue weighted by Crippen LogP contribution is 2.40. The van der Waals surface area contributed by atoms with E-state index in [9.17, 15) is 0 Å². The van der Waals surface area contributed by atoms with E-state index in [0.29, 0.717) is 0 Å². The topological polar surface area (TPSA) is 26.0 Å². The molecule has 268 valence electrons. The van der Waals surface area contributed by atoms with Crippen molar-refractivity contribution >= 4 is 49.9 Å². The predicted molar refractivity (Wildman–Crippen MR) is 235 cm³/mol. The summed E-state index contributed by atoms with van der Waals surface area (Å²) in [5.74, 6) is 0.919. The molecule has 0 bridgehead atoms. The van der Waals surface area contributed by atoms with E-state index in [0.717, 1.165) is 50.9 Å². The minimum absolute atomic E-state index is 0.919. The van der Waals surface area contributed by atoms with E-state index in [1.54, 1.807) is 0 Å². The van der Waals surface area contributed by atoms with Crippen molar-refractivity contribution in [3.8, 4) is 33.9 Å². The Morgan fingerprint density at radius 3 is 1.66 bits per heavy atom. The van der Waals surface area contributed by atoms with E-state index in [1.165, 1.54) is 49.6 Å². The molecule has 10 rings (SSSR count). The molecular formula is C52H40N4. The smallest absolute Gasteiger partial charge is 0.145 e. The summed E-state index contributed by atoms with van der Waals surface area (Å²) in [7, 11) is 0. The first-order valence-corrected chi connectivity index (χ1v) is 19.2. The lowest BCUT2D eigenvalue weighted by Gasteiger charge is -2.26. The Kier molecular flexibility index (Phi) is 8.11. The summed E-state index contributed by atoms with van der Waals surface area (Å²) in [5, 5.41) is 2.51. The highest BCUT2D eigenvalue weighted by atomic mass is 15.1. The maximum atomic E-state index is 5.11. The fourth-order valence-corrected chi connectivity index (χ4v) is 8.63. The van der Waals surface area contributed by atoms with Gasteiger partial charge in [0, 0.05) is 44.8 Å². The molecule has 2 heterocycles. The van der Waals surface area contributed by atoms with Gasteiger partial charge in [-0.2, -0.15) is 0 Å². The van der Waals surface area contributed by atoms with Crippen LogP contribution in [-0.4, -0.2) is 14.1 Å². The Balaban J connectivity index is 1.05. The normalized spacial score (nSPS) is 11.5. The molecule has 56 heavy (non-hydrogen) atoms. The van der Waals surface area contributed by atoms with Crippen LogP contribution in [0.5, 0.6) is 0 Å². The zero-order valence-electron chi connectivity index (χ0n) is 31.7. The Labute approximate surface area is 327 Å². The van der Waals surface area contributed by atoms with Crippen LogP contribution >= 0.6 is 0 Å². The Bertz CT molecular complexity index is 3000. The molecule has 4 nitrogen and oxygen atoms in total. The van der Waals surface area contributed by atoms with Crippen molar-refractivity contribution in [3.05, 3.63) is 205 Å². The summed E-state index contributed by atoms with van der Waals surface area (Å²) in [4.78, 5) is 7.42. The molecule has 0 aliphatic rings. The second kappa shape index (κ2) is 13.6. The SMILES string of the molecule is Cc1cc(C)c(-c2ccc3c(c2)c2ccccc2n3-c2ccc(N(c3ccccc3)c3ccc(-c4nc5ccccc5n4-c4ccccc4)cc3)cc2)c(C)c1. The minimum Gasteiger partial charge on any atom is -0.311 e. The molecule has 0 aliphatic heterocycles. The average Bonchev–Trinajstić information content (AvgIpc) is 3.78. The highest BCUT2D eigenvalue weighted by molar-refractivity contribution is 6.10. The molecule has 4 heteroatoms. The third kappa shape index (κ3) is 5.66. The van der Waals surface area contributed by atoms with E-state index in [2.05, 4.69) is 211 Å². The highest BCUT2D eigenvalue weighted by Gasteiger charge is 2.19. The summed E-state index contributed by atoms with van der Waals surface area (Å²) in [5.41, 5.74) is 17.5. The molecule has 2 aromatic heterocycles. The molecule has 0 spiro atoms. The van der Waals surface area contributed by atoms with E-state index in [1.807, 2.05) is 12.1 Å². The zero-order valence-corrected chi connectivity index (χ0v) is 31.7. The van der Waals surface area contributed by atoms with Gasteiger partial charge in [-0.05, 0) is 146 Å². The maximum absolute atomic E-state index is 5.11. The quantitative estimate of drug-likeness (QED) is 0.164. The van der Waals surface area contributed by atoms with Crippen LogP contribution in [0.25, 0.3) is 66.7 Å². The number of anilines is 3. The lowest BCUT2D eigenvalue weighted by Crippen LogP contribution is -2.10. The maximum Gasteiger partial charge on any atom is 0.145 e. The molecule has 0 amide bonds. The predicted octanol–water partition coefficient (Wildman–Crippen LogP) is 13.9. The molecule has 0 aliphatic carbocycles. The van der Waals surface area contributed by atoms with Gasteiger partial charge in [-0.15, -0.1) is 0 Å². The fourth-order valence-electron chi connectivity index (χ4n) is 8.63. The number of para-hydroxylation sites is 5. The molecule has 0 fully saturated rings. The number of benzene rings is 8. The molecule has 10 aromatic rings. The van der Waals surface area contributed by atoms with E-state index < -0.39 is 0 Å². The number of hydrogen-bond donors (Lipinski definition) is 0. The standard InChI is InChI=1S/C52H40N4/c1-35-32-36(2)51(37(3)33-35)39-24-31-49-46(34-39)45-18-10-12-20-48(45)55(49)44-29-27-43(28-30-44)54(40-14-6-4-7-15-40)42-25-22-38(23-26-42)52-53-47-19-11-13-21-50(47)56(52)41-16-8-5-9-17-41/h4-34H,1-3H3.